The second kappa shape index (κ2) is 8.48. The maximum Gasteiger partial charge on any atom is 0.0991 e. The van der Waals surface area contributed by atoms with Crippen LogP contribution in [0.25, 0.3) is 43.6 Å². The predicted molar refractivity (Wildman–Crippen MR) is 153 cm³/mol. The van der Waals surface area contributed by atoms with E-state index < -0.39 is 0 Å². The molecule has 0 amide bonds. The van der Waals surface area contributed by atoms with Gasteiger partial charge < -0.3 is 4.90 Å². The first-order valence-corrected chi connectivity index (χ1v) is 12.3. The minimum Gasteiger partial charge on any atom is -0.310 e. The van der Waals surface area contributed by atoms with Gasteiger partial charge in [0, 0.05) is 28.8 Å². The number of benzene rings is 6. The van der Waals surface area contributed by atoms with E-state index in [1.165, 1.54) is 32.3 Å². The molecule has 0 spiro atoms. The number of nitriles is 1. The molecule has 3 heteroatoms. The van der Waals surface area contributed by atoms with Crippen molar-refractivity contribution in [2.45, 2.75) is 0 Å². The van der Waals surface area contributed by atoms with Crippen molar-refractivity contribution in [2.24, 2.45) is 0 Å². The van der Waals surface area contributed by atoms with Crippen LogP contribution >= 0.6 is 0 Å². The molecule has 0 aliphatic rings. The monoisotopic (exact) mass is 471 g/mol. The minimum absolute atomic E-state index is 0.650. The molecule has 0 N–H and O–H groups in total. The summed E-state index contributed by atoms with van der Waals surface area (Å²) in [5.74, 6) is 0. The fourth-order valence-electron chi connectivity index (χ4n) is 5.34. The van der Waals surface area contributed by atoms with Crippen LogP contribution < -0.4 is 4.90 Å². The summed E-state index contributed by atoms with van der Waals surface area (Å²) in [6.45, 7) is 0. The summed E-state index contributed by atoms with van der Waals surface area (Å²) < 4.78 is 0. The average Bonchev–Trinajstić information content (AvgIpc) is 2.97. The number of hydrogen-bond donors (Lipinski definition) is 0. The quantitative estimate of drug-likeness (QED) is 0.240. The van der Waals surface area contributed by atoms with Crippen molar-refractivity contribution in [1.82, 2.24) is 4.98 Å². The molecule has 0 bridgehead atoms. The van der Waals surface area contributed by atoms with E-state index in [9.17, 15) is 5.26 Å². The number of hydrogen-bond acceptors (Lipinski definition) is 3. The molecule has 172 valence electrons. The number of pyridine rings is 1. The molecule has 7 rings (SSSR count). The second-order valence-electron chi connectivity index (χ2n) is 9.24. The van der Waals surface area contributed by atoms with Gasteiger partial charge in [0.25, 0.3) is 0 Å². The number of nitrogens with zero attached hydrogens (tertiary/aromatic N) is 3. The zero-order valence-electron chi connectivity index (χ0n) is 20.0. The van der Waals surface area contributed by atoms with Gasteiger partial charge in [0.05, 0.1) is 17.3 Å². The van der Waals surface area contributed by atoms with E-state index in [4.69, 9.17) is 0 Å². The van der Waals surface area contributed by atoms with E-state index in [-0.39, 0.29) is 0 Å². The topological polar surface area (TPSA) is 39.9 Å². The van der Waals surface area contributed by atoms with Gasteiger partial charge >= 0.3 is 0 Å². The normalized spacial score (nSPS) is 11.2. The van der Waals surface area contributed by atoms with Gasteiger partial charge in [-0.15, -0.1) is 0 Å². The third-order valence-electron chi connectivity index (χ3n) is 7.01. The lowest BCUT2D eigenvalue weighted by molar-refractivity contribution is 1.29. The van der Waals surface area contributed by atoms with Gasteiger partial charge in [-0.1, -0.05) is 48.5 Å². The Morgan fingerprint density at radius 1 is 0.541 bits per heavy atom. The summed E-state index contributed by atoms with van der Waals surface area (Å²) in [7, 11) is 0. The zero-order valence-corrected chi connectivity index (χ0v) is 20.0. The first kappa shape index (κ1) is 21.1. The average molecular weight is 472 g/mol. The van der Waals surface area contributed by atoms with E-state index in [1.807, 2.05) is 48.7 Å². The Morgan fingerprint density at radius 3 is 1.68 bits per heavy atom. The van der Waals surface area contributed by atoms with Crippen LogP contribution in [0.15, 0.2) is 128 Å². The van der Waals surface area contributed by atoms with Crippen molar-refractivity contribution < 1.29 is 0 Å². The Labute approximate surface area is 214 Å². The second-order valence-corrected chi connectivity index (χ2v) is 9.24. The molecule has 0 atom stereocenters. The van der Waals surface area contributed by atoms with E-state index in [1.54, 1.807) is 0 Å². The van der Waals surface area contributed by atoms with Gasteiger partial charge in [0.15, 0.2) is 0 Å². The molecule has 0 saturated carbocycles. The molecular weight excluding hydrogens is 450 g/mol. The third kappa shape index (κ3) is 3.55. The van der Waals surface area contributed by atoms with Gasteiger partial charge in [0.1, 0.15) is 0 Å². The molecule has 6 aromatic carbocycles. The van der Waals surface area contributed by atoms with Crippen LogP contribution in [0.4, 0.5) is 17.1 Å². The molecule has 0 aliphatic heterocycles. The van der Waals surface area contributed by atoms with Crippen molar-refractivity contribution in [3.8, 4) is 17.3 Å². The highest BCUT2D eigenvalue weighted by molar-refractivity contribution is 6.24. The summed E-state index contributed by atoms with van der Waals surface area (Å²) in [4.78, 5) is 6.81. The van der Waals surface area contributed by atoms with Crippen molar-refractivity contribution in [3.63, 3.8) is 0 Å². The summed E-state index contributed by atoms with van der Waals surface area (Å²) in [6.07, 6.45) is 1.84. The van der Waals surface area contributed by atoms with Crippen molar-refractivity contribution >= 4 is 49.4 Å². The Hall–Kier alpha value is -5.20. The van der Waals surface area contributed by atoms with Crippen LogP contribution in [-0.2, 0) is 0 Å². The van der Waals surface area contributed by atoms with E-state index >= 15 is 0 Å². The highest BCUT2D eigenvalue weighted by Gasteiger charge is 2.16. The molecule has 7 aromatic rings. The lowest BCUT2D eigenvalue weighted by atomic mass is 9.91. The third-order valence-corrected chi connectivity index (χ3v) is 7.01. The summed E-state index contributed by atoms with van der Waals surface area (Å²) in [5, 5.41) is 16.7. The van der Waals surface area contributed by atoms with Crippen LogP contribution in [0.3, 0.4) is 0 Å². The first-order valence-electron chi connectivity index (χ1n) is 12.3. The number of rotatable bonds is 4. The number of para-hydroxylation sites is 1. The van der Waals surface area contributed by atoms with E-state index in [2.05, 4.69) is 94.8 Å². The van der Waals surface area contributed by atoms with Gasteiger partial charge in [-0.25, -0.2) is 0 Å². The van der Waals surface area contributed by atoms with Crippen LogP contribution in [0.5, 0.6) is 0 Å². The Morgan fingerprint density at radius 2 is 1.11 bits per heavy atom. The Bertz CT molecular complexity index is 1850. The molecule has 0 radical (unpaired) electrons. The number of anilines is 3. The highest BCUT2D eigenvalue weighted by atomic mass is 15.1. The summed E-state index contributed by atoms with van der Waals surface area (Å²) >= 11 is 0. The lowest BCUT2D eigenvalue weighted by Gasteiger charge is -2.26. The summed E-state index contributed by atoms with van der Waals surface area (Å²) in [5.41, 5.74) is 5.92. The largest absolute Gasteiger partial charge is 0.310 e. The molecule has 0 unspecified atom stereocenters. The fourth-order valence-corrected chi connectivity index (χ4v) is 5.34. The molecular formula is C34H21N3. The van der Waals surface area contributed by atoms with E-state index in [0.717, 1.165) is 28.3 Å². The van der Waals surface area contributed by atoms with Crippen molar-refractivity contribution in [1.29, 1.82) is 5.26 Å². The molecule has 1 aromatic heterocycles. The minimum atomic E-state index is 0.650. The first-order chi connectivity index (χ1) is 18.3. The van der Waals surface area contributed by atoms with Gasteiger partial charge in [-0.3, -0.25) is 4.98 Å². The van der Waals surface area contributed by atoms with Crippen molar-refractivity contribution in [3.05, 3.63) is 133 Å². The summed E-state index contributed by atoms with van der Waals surface area (Å²) in [6, 6.07) is 44.2. The number of aromatic nitrogens is 1. The van der Waals surface area contributed by atoms with Gasteiger partial charge in [0.2, 0.25) is 0 Å². The van der Waals surface area contributed by atoms with Gasteiger partial charge in [-0.05, 0) is 105 Å². The fraction of sp³-hybridized carbons (Fsp3) is 0. The van der Waals surface area contributed by atoms with Crippen LogP contribution in [-0.4, -0.2) is 4.98 Å². The van der Waals surface area contributed by atoms with Crippen LogP contribution in [0.1, 0.15) is 5.56 Å². The lowest BCUT2D eigenvalue weighted by Crippen LogP contribution is -2.10. The predicted octanol–water partition coefficient (Wildman–Crippen LogP) is 8.99. The molecule has 3 nitrogen and oxygen atoms in total. The standard InChI is InChI=1S/C34H21N3/c35-22-23-9-15-30(16-10-23)37(29-6-2-1-3-7-29)31-20-26-13-11-24-18-28(32-8-4-5-17-36-32)19-25-12-14-27(21-31)34(26)33(24)25/h1-21H. The van der Waals surface area contributed by atoms with Gasteiger partial charge in [-0.2, -0.15) is 5.26 Å². The maximum absolute atomic E-state index is 9.29. The Kier molecular flexibility index (Phi) is 4.84. The molecule has 0 fully saturated rings. The highest BCUT2D eigenvalue weighted by Crippen LogP contribution is 2.42. The Balaban J connectivity index is 1.44. The van der Waals surface area contributed by atoms with Crippen LogP contribution in [0, 0.1) is 11.3 Å². The van der Waals surface area contributed by atoms with Crippen LogP contribution in [0.2, 0.25) is 0 Å². The molecule has 0 aliphatic carbocycles. The zero-order chi connectivity index (χ0) is 24.8. The molecule has 1 heterocycles. The smallest absolute Gasteiger partial charge is 0.0991 e. The SMILES string of the molecule is N#Cc1ccc(N(c2ccccc2)c2cc3ccc4cc(-c5ccccn5)cc5ccc(c2)c3c45)cc1. The molecule has 37 heavy (non-hydrogen) atoms. The molecule has 0 saturated heterocycles. The maximum atomic E-state index is 9.29. The van der Waals surface area contributed by atoms with E-state index in [0.29, 0.717) is 5.56 Å². The van der Waals surface area contributed by atoms with Crippen molar-refractivity contribution in [2.75, 3.05) is 4.90 Å².